The van der Waals surface area contributed by atoms with Crippen molar-refractivity contribution in [2.45, 2.75) is 18.7 Å². The quantitative estimate of drug-likeness (QED) is 0.922. The summed E-state index contributed by atoms with van der Waals surface area (Å²) in [5.41, 5.74) is 1.16. The Morgan fingerprint density at radius 3 is 1.95 bits per heavy atom. The van der Waals surface area contributed by atoms with Crippen molar-refractivity contribution in [3.8, 4) is 0 Å². The first-order valence-electron chi connectivity index (χ1n) is 6.36. The van der Waals surface area contributed by atoms with E-state index in [1.807, 2.05) is 0 Å². The predicted octanol–water partition coefficient (Wildman–Crippen LogP) is 3.15. The van der Waals surface area contributed by atoms with Crippen LogP contribution in [0.4, 0.5) is 8.78 Å². The minimum absolute atomic E-state index is 0.237. The van der Waals surface area contributed by atoms with Crippen LogP contribution in [0.15, 0.2) is 48.5 Å². The zero-order chi connectivity index (χ0) is 15.5. The molecule has 0 fully saturated rings. The number of benzene rings is 2. The van der Waals surface area contributed by atoms with Crippen molar-refractivity contribution in [3.63, 3.8) is 0 Å². The molecule has 2 aromatic rings. The highest BCUT2D eigenvalue weighted by Crippen LogP contribution is 2.15. The molecule has 1 N–H and O–H groups in total. The van der Waals surface area contributed by atoms with E-state index in [-0.39, 0.29) is 11.6 Å². The lowest BCUT2D eigenvalue weighted by Gasteiger charge is -2.14. The monoisotopic (exact) mass is 311 g/mol. The van der Waals surface area contributed by atoms with Crippen LogP contribution in [0.2, 0.25) is 0 Å². The lowest BCUT2D eigenvalue weighted by atomic mass is 10.1. The first kappa shape index (κ1) is 15.6. The summed E-state index contributed by atoms with van der Waals surface area (Å²) in [6, 6.07) is 10.4. The van der Waals surface area contributed by atoms with Gasteiger partial charge in [0.2, 0.25) is 10.0 Å². The zero-order valence-corrected chi connectivity index (χ0v) is 12.2. The van der Waals surface area contributed by atoms with Crippen molar-refractivity contribution < 1.29 is 17.2 Å². The second kappa shape index (κ2) is 6.32. The Morgan fingerprint density at radius 1 is 0.952 bits per heavy atom. The van der Waals surface area contributed by atoms with Gasteiger partial charge in [-0.2, -0.15) is 0 Å². The molecule has 6 heteroatoms. The van der Waals surface area contributed by atoms with Gasteiger partial charge in [0.25, 0.3) is 0 Å². The van der Waals surface area contributed by atoms with Crippen LogP contribution in [0, 0.1) is 11.6 Å². The summed E-state index contributed by atoms with van der Waals surface area (Å²) >= 11 is 0. The van der Waals surface area contributed by atoms with Crippen molar-refractivity contribution in [2.24, 2.45) is 0 Å². The van der Waals surface area contributed by atoms with Crippen molar-refractivity contribution in [2.75, 3.05) is 0 Å². The molecule has 0 aliphatic rings. The second-order valence-corrected chi connectivity index (χ2v) is 6.53. The van der Waals surface area contributed by atoms with Crippen LogP contribution in [0.3, 0.4) is 0 Å². The topological polar surface area (TPSA) is 46.2 Å². The molecule has 0 bridgehead atoms. The van der Waals surface area contributed by atoms with Gasteiger partial charge in [-0.05, 0) is 42.3 Å². The normalized spacial score (nSPS) is 13.1. The maximum Gasteiger partial charge on any atom is 0.216 e. The molecule has 3 nitrogen and oxygen atoms in total. The van der Waals surface area contributed by atoms with Crippen molar-refractivity contribution in [1.82, 2.24) is 4.72 Å². The molecule has 0 saturated heterocycles. The summed E-state index contributed by atoms with van der Waals surface area (Å²) in [5.74, 6) is -1.03. The Morgan fingerprint density at radius 2 is 1.43 bits per heavy atom. The van der Waals surface area contributed by atoms with Gasteiger partial charge in [-0.1, -0.05) is 24.3 Å². The smallest absolute Gasteiger partial charge is 0.212 e. The molecule has 0 aromatic heterocycles. The number of sulfonamides is 1. The van der Waals surface area contributed by atoms with Crippen LogP contribution in [0.1, 0.15) is 24.1 Å². The summed E-state index contributed by atoms with van der Waals surface area (Å²) in [4.78, 5) is 0. The fourth-order valence-corrected chi connectivity index (χ4v) is 3.32. The van der Waals surface area contributed by atoms with Crippen LogP contribution in [0.25, 0.3) is 0 Å². The summed E-state index contributed by atoms with van der Waals surface area (Å²) in [5, 5.41) is 0. The molecule has 21 heavy (non-hydrogen) atoms. The summed E-state index contributed by atoms with van der Waals surface area (Å²) < 4.78 is 52.3. The maximum absolute atomic E-state index is 12.8. The molecule has 0 saturated carbocycles. The Balaban J connectivity index is 2.06. The minimum atomic E-state index is -3.57. The van der Waals surface area contributed by atoms with Crippen molar-refractivity contribution in [1.29, 1.82) is 0 Å². The highest BCUT2D eigenvalue weighted by molar-refractivity contribution is 7.88. The van der Waals surface area contributed by atoms with E-state index < -0.39 is 21.9 Å². The molecule has 1 atom stereocenters. The molecule has 2 rings (SSSR count). The van der Waals surface area contributed by atoms with E-state index in [9.17, 15) is 17.2 Å². The van der Waals surface area contributed by atoms with Crippen LogP contribution >= 0.6 is 0 Å². The fraction of sp³-hybridized carbons (Fsp3) is 0.200. The third-order valence-corrected chi connectivity index (χ3v) is 4.42. The average Bonchev–Trinajstić information content (AvgIpc) is 2.41. The largest absolute Gasteiger partial charge is 0.216 e. The number of hydrogen-bond acceptors (Lipinski definition) is 2. The first-order valence-corrected chi connectivity index (χ1v) is 8.01. The summed E-state index contributed by atoms with van der Waals surface area (Å²) in [7, 11) is -3.57. The number of nitrogens with one attached hydrogen (secondary N) is 1. The molecular formula is C15H15F2NO2S. The molecule has 112 valence electrons. The van der Waals surface area contributed by atoms with Gasteiger partial charge in [0.1, 0.15) is 11.6 Å². The second-order valence-electron chi connectivity index (χ2n) is 4.78. The molecular weight excluding hydrogens is 296 g/mol. The van der Waals surface area contributed by atoms with Gasteiger partial charge in [0, 0.05) is 6.04 Å². The Hall–Kier alpha value is -1.79. The predicted molar refractivity (Wildman–Crippen MR) is 77.0 cm³/mol. The lowest BCUT2D eigenvalue weighted by Crippen LogP contribution is -2.28. The molecule has 0 spiro atoms. The minimum Gasteiger partial charge on any atom is -0.212 e. The summed E-state index contributed by atoms with van der Waals surface area (Å²) in [6.07, 6.45) is 0. The third-order valence-electron chi connectivity index (χ3n) is 3.00. The molecule has 0 radical (unpaired) electrons. The fourth-order valence-electron chi connectivity index (χ4n) is 1.93. The van der Waals surface area contributed by atoms with E-state index >= 15 is 0 Å². The SMILES string of the molecule is C[C@@H](NS(=O)(=O)Cc1ccc(F)cc1)c1ccc(F)cc1. The number of rotatable bonds is 5. The van der Waals surface area contributed by atoms with Crippen molar-refractivity contribution >= 4 is 10.0 Å². The standard InChI is InChI=1S/C15H15F2NO2S/c1-11(13-4-8-15(17)9-5-13)18-21(19,20)10-12-2-6-14(16)7-3-12/h2-9,11,18H,10H2,1H3/t11-/m1/s1. The van der Waals surface area contributed by atoms with E-state index in [0.29, 0.717) is 11.1 Å². The highest BCUT2D eigenvalue weighted by Gasteiger charge is 2.16. The van der Waals surface area contributed by atoms with Gasteiger partial charge in [-0.3, -0.25) is 0 Å². The zero-order valence-electron chi connectivity index (χ0n) is 11.4. The van der Waals surface area contributed by atoms with Gasteiger partial charge in [0.05, 0.1) is 5.75 Å². The van der Waals surface area contributed by atoms with Gasteiger partial charge in [-0.15, -0.1) is 0 Å². The van der Waals surface area contributed by atoms with Gasteiger partial charge < -0.3 is 0 Å². The van der Waals surface area contributed by atoms with Crippen LogP contribution in [0.5, 0.6) is 0 Å². The molecule has 2 aromatic carbocycles. The Labute approximate surface area is 122 Å². The molecule has 0 aliphatic heterocycles. The maximum atomic E-state index is 12.8. The molecule has 0 unspecified atom stereocenters. The molecule has 0 heterocycles. The van der Waals surface area contributed by atoms with Gasteiger partial charge in [-0.25, -0.2) is 21.9 Å². The van der Waals surface area contributed by atoms with Crippen LogP contribution < -0.4 is 4.72 Å². The lowest BCUT2D eigenvalue weighted by molar-refractivity contribution is 0.565. The van der Waals surface area contributed by atoms with Crippen LogP contribution in [-0.2, 0) is 15.8 Å². The van der Waals surface area contributed by atoms with E-state index in [1.54, 1.807) is 6.92 Å². The number of hydrogen-bond donors (Lipinski definition) is 1. The van der Waals surface area contributed by atoms with Crippen LogP contribution in [-0.4, -0.2) is 8.42 Å². The van der Waals surface area contributed by atoms with Gasteiger partial charge in [0.15, 0.2) is 0 Å². The van der Waals surface area contributed by atoms with Gasteiger partial charge >= 0.3 is 0 Å². The number of halogens is 2. The molecule has 0 amide bonds. The molecule has 0 aliphatic carbocycles. The Bertz CT molecular complexity index is 697. The van der Waals surface area contributed by atoms with Crippen molar-refractivity contribution in [3.05, 3.63) is 71.3 Å². The first-order chi connectivity index (χ1) is 9.85. The van der Waals surface area contributed by atoms with E-state index in [2.05, 4.69) is 4.72 Å². The van der Waals surface area contributed by atoms with E-state index in [0.717, 1.165) is 0 Å². The summed E-state index contributed by atoms with van der Waals surface area (Å²) in [6.45, 7) is 1.68. The third kappa shape index (κ3) is 4.61. The van der Waals surface area contributed by atoms with E-state index in [1.165, 1.54) is 48.5 Å². The highest BCUT2D eigenvalue weighted by atomic mass is 32.2. The average molecular weight is 311 g/mol. The van der Waals surface area contributed by atoms with E-state index in [4.69, 9.17) is 0 Å². The Kier molecular flexibility index (Phi) is 4.69.